The molecule has 78 valence electrons. The summed E-state index contributed by atoms with van der Waals surface area (Å²) in [6.07, 6.45) is 9.18. The Kier molecular flexibility index (Phi) is 4.48. The first-order valence-electron chi connectivity index (χ1n) is 5.13. The predicted octanol–water partition coefficient (Wildman–Crippen LogP) is 0.610. The summed E-state index contributed by atoms with van der Waals surface area (Å²) in [4.78, 5) is 13.4. The molecule has 1 amide bonds. The van der Waals surface area contributed by atoms with Crippen molar-refractivity contribution in [3.8, 4) is 12.3 Å². The molecule has 1 aliphatic rings. The second-order valence-corrected chi connectivity index (χ2v) is 3.89. The average Bonchev–Trinajstić information content (AvgIpc) is 2.88. The molecule has 0 saturated heterocycles. The maximum Gasteiger partial charge on any atom is 0.234 e. The fourth-order valence-electron chi connectivity index (χ4n) is 1.28. The van der Waals surface area contributed by atoms with Crippen molar-refractivity contribution in [3.05, 3.63) is 0 Å². The molecule has 1 fully saturated rings. The Morgan fingerprint density at radius 2 is 2.36 bits per heavy atom. The van der Waals surface area contributed by atoms with E-state index in [0.29, 0.717) is 12.6 Å². The van der Waals surface area contributed by atoms with E-state index in [2.05, 4.69) is 11.2 Å². The number of hydrogen-bond donors (Lipinski definition) is 1. The first kappa shape index (κ1) is 11.1. The van der Waals surface area contributed by atoms with Crippen molar-refractivity contribution in [1.29, 1.82) is 0 Å². The quantitative estimate of drug-likeness (QED) is 0.496. The van der Waals surface area contributed by atoms with Crippen LogP contribution in [0.25, 0.3) is 0 Å². The van der Waals surface area contributed by atoms with E-state index in [1.807, 2.05) is 11.9 Å². The highest BCUT2D eigenvalue weighted by atomic mass is 16.2. The van der Waals surface area contributed by atoms with E-state index in [0.717, 1.165) is 32.2 Å². The summed E-state index contributed by atoms with van der Waals surface area (Å²) in [6, 6.07) is 0.460. The molecule has 1 N–H and O–H groups in total. The van der Waals surface area contributed by atoms with Gasteiger partial charge in [-0.3, -0.25) is 9.69 Å². The largest absolute Gasteiger partial charge is 0.352 e. The van der Waals surface area contributed by atoms with Crippen molar-refractivity contribution < 1.29 is 4.79 Å². The molecule has 1 aliphatic carbocycles. The normalized spacial score (nSPS) is 15.2. The van der Waals surface area contributed by atoms with Gasteiger partial charge in [0.1, 0.15) is 0 Å². The molecule has 0 aliphatic heterocycles. The zero-order valence-electron chi connectivity index (χ0n) is 8.75. The number of carbonyl (C=O) groups is 1. The molecular weight excluding hydrogens is 176 g/mol. The minimum atomic E-state index is 0.135. The molecule has 0 unspecified atom stereocenters. The Hall–Kier alpha value is -1.01. The Morgan fingerprint density at radius 3 is 2.93 bits per heavy atom. The van der Waals surface area contributed by atoms with Gasteiger partial charge < -0.3 is 5.32 Å². The third-order valence-electron chi connectivity index (χ3n) is 2.22. The van der Waals surface area contributed by atoms with Gasteiger partial charge in [0.05, 0.1) is 6.54 Å². The molecule has 3 heteroatoms. The van der Waals surface area contributed by atoms with E-state index < -0.39 is 0 Å². The molecule has 1 saturated carbocycles. The number of nitrogens with one attached hydrogen (secondary N) is 1. The molecule has 0 spiro atoms. The summed E-state index contributed by atoms with van der Waals surface area (Å²) < 4.78 is 0. The van der Waals surface area contributed by atoms with E-state index in [-0.39, 0.29) is 5.91 Å². The van der Waals surface area contributed by atoms with Gasteiger partial charge in [0.15, 0.2) is 0 Å². The number of nitrogens with zero attached hydrogens (tertiary/aromatic N) is 1. The topological polar surface area (TPSA) is 32.3 Å². The SMILES string of the molecule is C#CCCCN(C)CC(=O)NC1CC1. The van der Waals surface area contributed by atoms with E-state index in [9.17, 15) is 4.79 Å². The number of terminal acetylenes is 1. The van der Waals surface area contributed by atoms with Crippen LogP contribution >= 0.6 is 0 Å². The lowest BCUT2D eigenvalue weighted by atomic mass is 10.3. The van der Waals surface area contributed by atoms with Gasteiger partial charge in [-0.25, -0.2) is 0 Å². The highest BCUT2D eigenvalue weighted by Crippen LogP contribution is 2.18. The van der Waals surface area contributed by atoms with Crippen LogP contribution in [0.4, 0.5) is 0 Å². The molecule has 0 atom stereocenters. The van der Waals surface area contributed by atoms with Crippen molar-refractivity contribution in [1.82, 2.24) is 10.2 Å². The first-order chi connectivity index (χ1) is 6.72. The lowest BCUT2D eigenvalue weighted by molar-refractivity contribution is -0.122. The predicted molar refractivity (Wildman–Crippen MR) is 56.7 cm³/mol. The second kappa shape index (κ2) is 5.66. The van der Waals surface area contributed by atoms with Gasteiger partial charge in [0, 0.05) is 12.5 Å². The number of unbranched alkanes of at least 4 members (excludes halogenated alkanes) is 1. The standard InChI is InChI=1S/C11H18N2O/c1-3-4-5-8-13(2)9-11(14)12-10-6-7-10/h1,10H,4-9H2,2H3,(H,12,14). The number of carbonyl (C=O) groups excluding carboxylic acids is 1. The first-order valence-corrected chi connectivity index (χ1v) is 5.13. The Balaban J connectivity index is 2.03. The Labute approximate surface area is 85.9 Å². The maximum atomic E-state index is 11.3. The van der Waals surface area contributed by atoms with E-state index in [1.54, 1.807) is 0 Å². The minimum Gasteiger partial charge on any atom is -0.352 e. The van der Waals surface area contributed by atoms with Crippen LogP contribution in [0.15, 0.2) is 0 Å². The van der Waals surface area contributed by atoms with Crippen LogP contribution in [0.2, 0.25) is 0 Å². The number of hydrogen-bond acceptors (Lipinski definition) is 2. The minimum absolute atomic E-state index is 0.135. The fourth-order valence-corrected chi connectivity index (χ4v) is 1.28. The number of rotatable bonds is 6. The lowest BCUT2D eigenvalue weighted by Crippen LogP contribution is -2.36. The van der Waals surface area contributed by atoms with Gasteiger partial charge in [-0.05, 0) is 32.9 Å². The van der Waals surface area contributed by atoms with E-state index in [1.165, 1.54) is 0 Å². The van der Waals surface area contributed by atoms with E-state index in [4.69, 9.17) is 6.42 Å². The van der Waals surface area contributed by atoms with Gasteiger partial charge in [-0.1, -0.05) is 0 Å². The van der Waals surface area contributed by atoms with Gasteiger partial charge in [-0.15, -0.1) is 12.3 Å². The molecule has 0 aromatic rings. The molecule has 1 rings (SSSR count). The smallest absolute Gasteiger partial charge is 0.234 e. The van der Waals surface area contributed by atoms with Crippen molar-refractivity contribution in [2.45, 2.75) is 31.7 Å². The summed E-state index contributed by atoms with van der Waals surface area (Å²) in [6.45, 7) is 1.38. The summed E-state index contributed by atoms with van der Waals surface area (Å²) in [5, 5.41) is 2.95. The lowest BCUT2D eigenvalue weighted by Gasteiger charge is -2.15. The number of amides is 1. The van der Waals surface area contributed by atoms with Crippen LogP contribution in [-0.2, 0) is 4.79 Å². The molecule has 0 aromatic carbocycles. The summed E-state index contributed by atoms with van der Waals surface area (Å²) in [5.74, 6) is 2.73. The van der Waals surface area contributed by atoms with Crippen molar-refractivity contribution in [2.24, 2.45) is 0 Å². The van der Waals surface area contributed by atoms with Gasteiger partial charge in [0.2, 0.25) is 5.91 Å². The van der Waals surface area contributed by atoms with Crippen molar-refractivity contribution >= 4 is 5.91 Å². The van der Waals surface area contributed by atoms with Crippen LogP contribution in [0.1, 0.15) is 25.7 Å². The summed E-state index contributed by atoms with van der Waals surface area (Å²) >= 11 is 0. The van der Waals surface area contributed by atoms with Crippen LogP contribution in [0, 0.1) is 12.3 Å². The zero-order valence-corrected chi connectivity index (χ0v) is 8.75. The fraction of sp³-hybridized carbons (Fsp3) is 0.727. The third-order valence-corrected chi connectivity index (χ3v) is 2.22. The maximum absolute atomic E-state index is 11.3. The van der Waals surface area contributed by atoms with Crippen molar-refractivity contribution in [2.75, 3.05) is 20.1 Å². The molecule has 14 heavy (non-hydrogen) atoms. The molecule has 0 aromatic heterocycles. The number of likely N-dealkylation sites (N-methyl/N-ethyl adjacent to an activating group) is 1. The highest BCUT2D eigenvalue weighted by Gasteiger charge is 2.23. The highest BCUT2D eigenvalue weighted by molar-refractivity contribution is 5.78. The monoisotopic (exact) mass is 194 g/mol. The van der Waals surface area contributed by atoms with Crippen molar-refractivity contribution in [3.63, 3.8) is 0 Å². The molecule has 3 nitrogen and oxygen atoms in total. The second-order valence-electron chi connectivity index (χ2n) is 3.89. The molecular formula is C11H18N2O. The molecule has 0 bridgehead atoms. The average molecular weight is 194 g/mol. The van der Waals surface area contributed by atoms with Gasteiger partial charge in [-0.2, -0.15) is 0 Å². The third kappa shape index (κ3) is 4.88. The Morgan fingerprint density at radius 1 is 1.64 bits per heavy atom. The van der Waals surface area contributed by atoms with Crippen LogP contribution in [-0.4, -0.2) is 37.0 Å². The zero-order chi connectivity index (χ0) is 10.4. The molecule has 0 radical (unpaired) electrons. The van der Waals surface area contributed by atoms with Gasteiger partial charge in [0.25, 0.3) is 0 Å². The summed E-state index contributed by atoms with van der Waals surface area (Å²) in [7, 11) is 1.95. The van der Waals surface area contributed by atoms with Crippen LogP contribution in [0.3, 0.4) is 0 Å². The van der Waals surface area contributed by atoms with Crippen LogP contribution in [0.5, 0.6) is 0 Å². The van der Waals surface area contributed by atoms with Gasteiger partial charge >= 0.3 is 0 Å². The van der Waals surface area contributed by atoms with E-state index >= 15 is 0 Å². The Bertz CT molecular complexity index is 228. The summed E-state index contributed by atoms with van der Waals surface area (Å²) in [5.41, 5.74) is 0. The molecule has 0 heterocycles. The van der Waals surface area contributed by atoms with Crippen LogP contribution < -0.4 is 5.32 Å².